The van der Waals surface area contributed by atoms with Gasteiger partial charge in [0.1, 0.15) is 0 Å². The van der Waals surface area contributed by atoms with E-state index in [2.05, 4.69) is 15.5 Å². The van der Waals surface area contributed by atoms with E-state index in [9.17, 15) is 4.79 Å². The predicted molar refractivity (Wildman–Crippen MR) is 70.5 cm³/mol. The highest BCUT2D eigenvalue weighted by Crippen LogP contribution is 2.22. The summed E-state index contributed by atoms with van der Waals surface area (Å²) in [4.78, 5) is 14.1. The van der Waals surface area contributed by atoms with Crippen LogP contribution in [0.25, 0.3) is 0 Å². The molecule has 2 N–H and O–H groups in total. The molecule has 18 heavy (non-hydrogen) atoms. The van der Waals surface area contributed by atoms with Crippen molar-refractivity contribution in [2.45, 2.75) is 38.3 Å². The van der Waals surface area contributed by atoms with Gasteiger partial charge in [0.2, 0.25) is 5.91 Å². The van der Waals surface area contributed by atoms with Crippen molar-refractivity contribution in [3.63, 3.8) is 0 Å². The van der Waals surface area contributed by atoms with Crippen LogP contribution in [0.2, 0.25) is 0 Å². The quantitative estimate of drug-likeness (QED) is 0.724. The van der Waals surface area contributed by atoms with E-state index < -0.39 is 0 Å². The lowest BCUT2D eigenvalue weighted by molar-refractivity contribution is -0.124. The van der Waals surface area contributed by atoms with Gasteiger partial charge in [0.05, 0.1) is 12.6 Å². The van der Waals surface area contributed by atoms with Gasteiger partial charge >= 0.3 is 0 Å². The number of ether oxygens (including phenoxy) is 1. The SMILES string of the molecule is CCOC1CC(NC(=O)CN2CCCNCC2)C1. The molecule has 5 heteroatoms. The first-order valence-corrected chi connectivity index (χ1v) is 7.12. The molecule has 2 aliphatic rings. The molecule has 104 valence electrons. The van der Waals surface area contributed by atoms with Crippen molar-refractivity contribution in [3.05, 3.63) is 0 Å². The smallest absolute Gasteiger partial charge is 0.234 e. The highest BCUT2D eigenvalue weighted by atomic mass is 16.5. The molecule has 0 unspecified atom stereocenters. The lowest BCUT2D eigenvalue weighted by atomic mass is 9.89. The van der Waals surface area contributed by atoms with Gasteiger partial charge in [0, 0.05) is 25.7 Å². The highest BCUT2D eigenvalue weighted by molar-refractivity contribution is 5.78. The van der Waals surface area contributed by atoms with E-state index in [-0.39, 0.29) is 5.91 Å². The zero-order chi connectivity index (χ0) is 12.8. The first-order valence-electron chi connectivity index (χ1n) is 7.12. The molecular formula is C13H25N3O2. The second-order valence-electron chi connectivity index (χ2n) is 5.19. The number of amides is 1. The number of carbonyl (C=O) groups excluding carboxylic acids is 1. The average molecular weight is 255 g/mol. The Morgan fingerprint density at radius 3 is 3.00 bits per heavy atom. The molecule has 2 rings (SSSR count). The Hall–Kier alpha value is -0.650. The summed E-state index contributed by atoms with van der Waals surface area (Å²) in [6, 6.07) is 0.333. The number of rotatable bonds is 5. The molecule has 0 spiro atoms. The molecule has 1 amide bonds. The summed E-state index contributed by atoms with van der Waals surface area (Å²) in [6.07, 6.45) is 3.44. The molecule has 0 radical (unpaired) electrons. The average Bonchev–Trinajstić information content (AvgIpc) is 2.55. The van der Waals surface area contributed by atoms with Crippen LogP contribution in [0.4, 0.5) is 0 Å². The number of carbonyl (C=O) groups is 1. The van der Waals surface area contributed by atoms with Crippen LogP contribution in [-0.2, 0) is 9.53 Å². The van der Waals surface area contributed by atoms with E-state index in [1.54, 1.807) is 0 Å². The molecule has 1 saturated heterocycles. The summed E-state index contributed by atoms with van der Waals surface area (Å²) in [6.45, 7) is 7.37. The third-order valence-electron chi connectivity index (χ3n) is 3.66. The predicted octanol–water partition coefficient (Wildman–Crippen LogP) is -0.0346. The largest absolute Gasteiger partial charge is 0.378 e. The highest BCUT2D eigenvalue weighted by Gasteiger charge is 2.30. The monoisotopic (exact) mass is 255 g/mol. The first kappa shape index (κ1) is 13.8. The normalized spacial score (nSPS) is 29.4. The zero-order valence-electron chi connectivity index (χ0n) is 11.3. The van der Waals surface area contributed by atoms with Crippen molar-refractivity contribution in [3.8, 4) is 0 Å². The molecule has 0 aromatic rings. The van der Waals surface area contributed by atoms with Crippen LogP contribution >= 0.6 is 0 Å². The van der Waals surface area contributed by atoms with Crippen molar-refractivity contribution in [2.75, 3.05) is 39.3 Å². The maximum atomic E-state index is 11.9. The van der Waals surface area contributed by atoms with Crippen molar-refractivity contribution in [1.82, 2.24) is 15.5 Å². The van der Waals surface area contributed by atoms with Crippen molar-refractivity contribution in [2.24, 2.45) is 0 Å². The summed E-state index contributed by atoms with van der Waals surface area (Å²) in [5.74, 6) is 0.164. The van der Waals surface area contributed by atoms with Gasteiger partial charge in [-0.25, -0.2) is 0 Å². The third-order valence-corrected chi connectivity index (χ3v) is 3.66. The van der Waals surface area contributed by atoms with Crippen molar-refractivity contribution in [1.29, 1.82) is 0 Å². The minimum absolute atomic E-state index is 0.164. The molecule has 1 aliphatic heterocycles. The molecule has 1 saturated carbocycles. The number of hydrogen-bond acceptors (Lipinski definition) is 4. The van der Waals surface area contributed by atoms with Gasteiger partial charge in [-0.3, -0.25) is 9.69 Å². The first-order chi connectivity index (χ1) is 8.78. The second kappa shape index (κ2) is 7.07. The van der Waals surface area contributed by atoms with Gasteiger partial charge < -0.3 is 15.4 Å². The van der Waals surface area contributed by atoms with Crippen LogP contribution in [0.1, 0.15) is 26.2 Å². The van der Waals surface area contributed by atoms with Gasteiger partial charge in [-0.2, -0.15) is 0 Å². The van der Waals surface area contributed by atoms with Gasteiger partial charge in [-0.15, -0.1) is 0 Å². The van der Waals surface area contributed by atoms with E-state index in [1.165, 1.54) is 0 Å². The van der Waals surface area contributed by atoms with Crippen LogP contribution in [-0.4, -0.2) is 62.3 Å². The lowest BCUT2D eigenvalue weighted by Gasteiger charge is -2.35. The van der Waals surface area contributed by atoms with E-state index in [0.717, 1.165) is 52.0 Å². The topological polar surface area (TPSA) is 53.6 Å². The zero-order valence-corrected chi connectivity index (χ0v) is 11.3. The lowest BCUT2D eigenvalue weighted by Crippen LogP contribution is -2.50. The van der Waals surface area contributed by atoms with Gasteiger partial charge in [0.25, 0.3) is 0 Å². The maximum Gasteiger partial charge on any atom is 0.234 e. The Morgan fingerprint density at radius 2 is 2.22 bits per heavy atom. The van der Waals surface area contributed by atoms with Crippen LogP contribution in [0.15, 0.2) is 0 Å². The standard InChI is InChI=1S/C13H25N3O2/c1-2-18-12-8-11(9-12)15-13(17)10-16-6-3-4-14-5-7-16/h11-12,14H,2-10H2,1H3,(H,15,17). The Kier molecular flexibility index (Phi) is 5.41. The summed E-state index contributed by atoms with van der Waals surface area (Å²) >= 11 is 0. The fourth-order valence-electron chi connectivity index (χ4n) is 2.59. The number of nitrogens with one attached hydrogen (secondary N) is 2. The van der Waals surface area contributed by atoms with Gasteiger partial charge in [0.15, 0.2) is 0 Å². The summed E-state index contributed by atoms with van der Waals surface area (Å²) in [5, 5.41) is 6.43. The fourth-order valence-corrected chi connectivity index (χ4v) is 2.59. The molecule has 1 aliphatic carbocycles. The molecule has 0 atom stereocenters. The molecular weight excluding hydrogens is 230 g/mol. The Labute approximate surface area is 109 Å². The molecule has 2 fully saturated rings. The number of nitrogens with zero attached hydrogens (tertiary/aromatic N) is 1. The second-order valence-corrected chi connectivity index (χ2v) is 5.19. The van der Waals surface area contributed by atoms with Crippen molar-refractivity contribution < 1.29 is 9.53 Å². The van der Waals surface area contributed by atoms with Gasteiger partial charge in [-0.05, 0) is 39.3 Å². The fraction of sp³-hybridized carbons (Fsp3) is 0.923. The summed E-state index contributed by atoms with van der Waals surface area (Å²) in [5.41, 5.74) is 0. The Morgan fingerprint density at radius 1 is 1.39 bits per heavy atom. The van der Waals surface area contributed by atoms with Crippen molar-refractivity contribution >= 4 is 5.91 Å². The third kappa shape index (κ3) is 4.23. The van der Waals surface area contributed by atoms with Crippen LogP contribution in [0.3, 0.4) is 0 Å². The Balaban J connectivity index is 1.60. The molecule has 5 nitrogen and oxygen atoms in total. The molecule has 0 aromatic carbocycles. The number of hydrogen-bond donors (Lipinski definition) is 2. The van der Waals surface area contributed by atoms with E-state index in [0.29, 0.717) is 18.7 Å². The molecule has 0 bridgehead atoms. The van der Waals surface area contributed by atoms with E-state index in [1.807, 2.05) is 6.92 Å². The molecule has 1 heterocycles. The van der Waals surface area contributed by atoms with E-state index in [4.69, 9.17) is 4.74 Å². The van der Waals surface area contributed by atoms with E-state index >= 15 is 0 Å². The van der Waals surface area contributed by atoms with Gasteiger partial charge in [-0.1, -0.05) is 0 Å². The van der Waals surface area contributed by atoms with Crippen LogP contribution < -0.4 is 10.6 Å². The maximum absolute atomic E-state index is 11.9. The summed E-state index contributed by atoms with van der Waals surface area (Å²) < 4.78 is 5.49. The van der Waals surface area contributed by atoms with Crippen LogP contribution in [0, 0.1) is 0 Å². The summed E-state index contributed by atoms with van der Waals surface area (Å²) in [7, 11) is 0. The Bertz CT molecular complexity index is 259. The minimum Gasteiger partial charge on any atom is -0.378 e. The molecule has 0 aromatic heterocycles. The minimum atomic E-state index is 0.164. The van der Waals surface area contributed by atoms with Crippen LogP contribution in [0.5, 0.6) is 0 Å².